The molecule has 2 heterocycles. The minimum absolute atomic E-state index is 0.144. The van der Waals surface area contributed by atoms with Gasteiger partial charge in [0.2, 0.25) is 0 Å². The third-order valence-electron chi connectivity index (χ3n) is 2.72. The van der Waals surface area contributed by atoms with Gasteiger partial charge >= 0.3 is 0 Å². The Bertz CT molecular complexity index is 270. The summed E-state index contributed by atoms with van der Waals surface area (Å²) in [6.07, 6.45) is 2.41. The van der Waals surface area contributed by atoms with Gasteiger partial charge in [-0.15, -0.1) is 10.2 Å². The summed E-state index contributed by atoms with van der Waals surface area (Å²) < 4.78 is 5.42. The van der Waals surface area contributed by atoms with Gasteiger partial charge < -0.3 is 10.1 Å². The van der Waals surface area contributed by atoms with Crippen molar-refractivity contribution in [2.24, 2.45) is 5.92 Å². The van der Waals surface area contributed by atoms with Crippen LogP contribution < -0.4 is 5.32 Å². The average Bonchev–Trinajstić information content (AvgIpc) is 2.81. The Morgan fingerprint density at radius 3 is 3.27 bits per heavy atom. The molecule has 1 fully saturated rings. The first-order valence-corrected chi connectivity index (χ1v) is 5.40. The molecule has 0 saturated carbocycles. The summed E-state index contributed by atoms with van der Waals surface area (Å²) in [7, 11) is 0. The van der Waals surface area contributed by atoms with Crippen LogP contribution in [0.3, 0.4) is 0 Å². The summed E-state index contributed by atoms with van der Waals surface area (Å²) in [5.41, 5.74) is 0. The van der Waals surface area contributed by atoms with Gasteiger partial charge in [0.25, 0.3) is 0 Å². The number of hydrogen-bond acceptors (Lipinski definition) is 5. The molecule has 15 heavy (non-hydrogen) atoms. The zero-order chi connectivity index (χ0) is 10.5. The van der Waals surface area contributed by atoms with Crippen LogP contribution in [0, 0.1) is 5.92 Å². The molecule has 0 bridgehead atoms. The molecular formula is C9H17N5O. The molecule has 0 amide bonds. The predicted molar refractivity (Wildman–Crippen MR) is 54.1 cm³/mol. The third-order valence-corrected chi connectivity index (χ3v) is 2.72. The number of ether oxygens (including phenoxy) is 1. The third kappa shape index (κ3) is 2.97. The second kappa shape index (κ2) is 5.18. The normalized spacial score (nSPS) is 23.9. The van der Waals surface area contributed by atoms with E-state index in [9.17, 15) is 0 Å². The van der Waals surface area contributed by atoms with Crippen molar-refractivity contribution in [3.8, 4) is 0 Å². The fourth-order valence-corrected chi connectivity index (χ4v) is 1.76. The van der Waals surface area contributed by atoms with Crippen LogP contribution in [0.2, 0.25) is 0 Å². The minimum Gasteiger partial charge on any atom is -0.381 e. The van der Waals surface area contributed by atoms with Gasteiger partial charge in [0.05, 0.1) is 12.6 Å². The highest BCUT2D eigenvalue weighted by Gasteiger charge is 2.16. The zero-order valence-electron chi connectivity index (χ0n) is 8.94. The smallest absolute Gasteiger partial charge is 0.191 e. The molecular weight excluding hydrogens is 194 g/mol. The van der Waals surface area contributed by atoms with Gasteiger partial charge in [-0.3, -0.25) is 0 Å². The Hall–Kier alpha value is -1.01. The van der Waals surface area contributed by atoms with E-state index in [1.54, 1.807) is 0 Å². The zero-order valence-corrected chi connectivity index (χ0v) is 8.94. The van der Waals surface area contributed by atoms with Crippen molar-refractivity contribution in [2.45, 2.75) is 25.8 Å². The molecule has 1 aromatic heterocycles. The number of H-pyrrole nitrogens is 1. The highest BCUT2D eigenvalue weighted by molar-refractivity contribution is 4.86. The number of hydrogen-bond donors (Lipinski definition) is 2. The van der Waals surface area contributed by atoms with Crippen LogP contribution in [0.15, 0.2) is 0 Å². The number of aromatic amines is 1. The van der Waals surface area contributed by atoms with E-state index in [-0.39, 0.29) is 6.04 Å². The number of rotatable bonds is 4. The standard InChI is InChI=1S/C9H17N5O/c1-7(9-11-13-14-12-9)10-5-8-3-2-4-15-6-8/h7-8,10H,2-6H2,1H3,(H,11,12,13,14). The number of nitrogens with one attached hydrogen (secondary N) is 2. The van der Waals surface area contributed by atoms with Gasteiger partial charge in [-0.05, 0) is 25.7 Å². The fourth-order valence-electron chi connectivity index (χ4n) is 1.76. The van der Waals surface area contributed by atoms with Crippen LogP contribution in [-0.4, -0.2) is 40.4 Å². The van der Waals surface area contributed by atoms with E-state index in [1.165, 1.54) is 12.8 Å². The molecule has 1 aliphatic heterocycles. The number of nitrogens with zero attached hydrogens (tertiary/aromatic N) is 3. The van der Waals surface area contributed by atoms with E-state index >= 15 is 0 Å². The monoisotopic (exact) mass is 211 g/mol. The SMILES string of the molecule is CC(NCC1CCCOC1)c1nn[nH]n1. The van der Waals surface area contributed by atoms with Crippen molar-refractivity contribution in [1.82, 2.24) is 25.9 Å². The lowest BCUT2D eigenvalue weighted by atomic mass is 10.0. The van der Waals surface area contributed by atoms with Crippen LogP contribution in [0.1, 0.15) is 31.6 Å². The highest BCUT2D eigenvalue weighted by atomic mass is 16.5. The first kappa shape index (κ1) is 10.5. The van der Waals surface area contributed by atoms with Crippen molar-refractivity contribution in [3.05, 3.63) is 5.82 Å². The summed E-state index contributed by atoms with van der Waals surface area (Å²) >= 11 is 0. The second-order valence-electron chi connectivity index (χ2n) is 3.98. The van der Waals surface area contributed by atoms with Gasteiger partial charge in [0.15, 0.2) is 5.82 Å². The van der Waals surface area contributed by atoms with Crippen LogP contribution in [0.5, 0.6) is 0 Å². The van der Waals surface area contributed by atoms with Crippen molar-refractivity contribution in [3.63, 3.8) is 0 Å². The van der Waals surface area contributed by atoms with Crippen LogP contribution >= 0.6 is 0 Å². The Morgan fingerprint density at radius 2 is 2.60 bits per heavy atom. The van der Waals surface area contributed by atoms with Crippen LogP contribution in [-0.2, 0) is 4.74 Å². The van der Waals surface area contributed by atoms with Crippen molar-refractivity contribution >= 4 is 0 Å². The molecule has 6 heteroatoms. The van der Waals surface area contributed by atoms with Crippen LogP contribution in [0.4, 0.5) is 0 Å². The lowest BCUT2D eigenvalue weighted by molar-refractivity contribution is 0.0539. The molecule has 2 N–H and O–H groups in total. The summed E-state index contributed by atoms with van der Waals surface area (Å²) in [5, 5.41) is 17.3. The summed E-state index contributed by atoms with van der Waals surface area (Å²) in [6.45, 7) is 4.77. The Labute approximate surface area is 88.8 Å². The Morgan fingerprint density at radius 1 is 1.67 bits per heavy atom. The Balaban J connectivity index is 1.73. The molecule has 2 unspecified atom stereocenters. The molecule has 0 aromatic carbocycles. The molecule has 0 radical (unpaired) electrons. The van der Waals surface area contributed by atoms with Gasteiger partial charge in [-0.25, -0.2) is 0 Å². The maximum atomic E-state index is 5.42. The van der Waals surface area contributed by atoms with Crippen molar-refractivity contribution in [1.29, 1.82) is 0 Å². The van der Waals surface area contributed by atoms with Crippen molar-refractivity contribution < 1.29 is 4.74 Å². The molecule has 6 nitrogen and oxygen atoms in total. The molecule has 1 saturated heterocycles. The fraction of sp³-hybridized carbons (Fsp3) is 0.889. The molecule has 1 aromatic rings. The van der Waals surface area contributed by atoms with E-state index < -0.39 is 0 Å². The van der Waals surface area contributed by atoms with Gasteiger partial charge in [-0.1, -0.05) is 5.21 Å². The predicted octanol–water partition coefficient (Wildman–Crippen LogP) is 0.277. The minimum atomic E-state index is 0.144. The highest BCUT2D eigenvalue weighted by Crippen LogP contribution is 2.13. The van der Waals surface area contributed by atoms with E-state index in [0.717, 1.165) is 19.8 Å². The Kier molecular flexibility index (Phi) is 3.63. The second-order valence-corrected chi connectivity index (χ2v) is 3.98. The number of aromatic nitrogens is 4. The van der Waals surface area contributed by atoms with E-state index in [2.05, 4.69) is 25.9 Å². The van der Waals surface area contributed by atoms with Gasteiger partial charge in [-0.2, -0.15) is 5.21 Å². The number of tetrazole rings is 1. The maximum Gasteiger partial charge on any atom is 0.191 e. The van der Waals surface area contributed by atoms with E-state index in [4.69, 9.17) is 4.74 Å². The molecule has 2 rings (SSSR count). The molecule has 2 atom stereocenters. The first-order chi connectivity index (χ1) is 7.36. The quantitative estimate of drug-likeness (QED) is 0.748. The molecule has 0 aliphatic carbocycles. The van der Waals surface area contributed by atoms with E-state index in [1.807, 2.05) is 6.92 Å². The summed E-state index contributed by atoms with van der Waals surface area (Å²) in [4.78, 5) is 0. The lowest BCUT2D eigenvalue weighted by Gasteiger charge is -2.23. The molecule has 0 spiro atoms. The van der Waals surface area contributed by atoms with Crippen molar-refractivity contribution in [2.75, 3.05) is 19.8 Å². The van der Waals surface area contributed by atoms with Gasteiger partial charge in [0.1, 0.15) is 0 Å². The lowest BCUT2D eigenvalue weighted by Crippen LogP contribution is -2.31. The van der Waals surface area contributed by atoms with Gasteiger partial charge in [0, 0.05) is 13.2 Å². The summed E-state index contributed by atoms with van der Waals surface area (Å²) in [6, 6.07) is 0.144. The molecule has 84 valence electrons. The topological polar surface area (TPSA) is 75.7 Å². The van der Waals surface area contributed by atoms with E-state index in [0.29, 0.717) is 11.7 Å². The maximum absolute atomic E-state index is 5.42. The average molecular weight is 211 g/mol. The summed E-state index contributed by atoms with van der Waals surface area (Å²) in [5.74, 6) is 1.33. The largest absolute Gasteiger partial charge is 0.381 e. The molecule has 1 aliphatic rings. The van der Waals surface area contributed by atoms with Crippen LogP contribution in [0.25, 0.3) is 0 Å². The first-order valence-electron chi connectivity index (χ1n) is 5.40.